The van der Waals surface area contributed by atoms with Crippen molar-refractivity contribution in [2.45, 2.75) is 26.9 Å². The van der Waals surface area contributed by atoms with Crippen LogP contribution < -0.4 is 10.2 Å². The summed E-state index contributed by atoms with van der Waals surface area (Å²) in [6.07, 6.45) is 0.0314. The zero-order chi connectivity index (χ0) is 15.0. The third kappa shape index (κ3) is 2.27. The van der Waals surface area contributed by atoms with Gasteiger partial charge < -0.3 is 14.4 Å². The van der Waals surface area contributed by atoms with Gasteiger partial charge in [-0.2, -0.15) is 0 Å². The molecule has 0 unspecified atom stereocenters. The number of carbonyl (C=O) groups is 1. The van der Waals surface area contributed by atoms with Crippen molar-refractivity contribution in [1.82, 2.24) is 4.57 Å². The van der Waals surface area contributed by atoms with Gasteiger partial charge >= 0.3 is 5.97 Å². The van der Waals surface area contributed by atoms with Gasteiger partial charge in [-0.15, -0.1) is 0 Å². The molecule has 106 valence electrons. The zero-order valence-corrected chi connectivity index (χ0v) is 11.9. The van der Waals surface area contributed by atoms with E-state index in [4.69, 9.17) is 9.84 Å². The quantitative estimate of drug-likeness (QED) is 0.933. The molecule has 0 aliphatic rings. The van der Waals surface area contributed by atoms with Gasteiger partial charge in [-0.1, -0.05) is 0 Å². The van der Waals surface area contributed by atoms with Crippen LogP contribution in [-0.2, 0) is 7.05 Å². The van der Waals surface area contributed by atoms with Crippen LogP contribution in [-0.4, -0.2) is 21.7 Å². The fourth-order valence-corrected chi connectivity index (χ4v) is 2.23. The number of benzene rings is 1. The Bertz CT molecular complexity index is 744. The van der Waals surface area contributed by atoms with Gasteiger partial charge in [-0.3, -0.25) is 4.79 Å². The number of carboxylic acids is 1. The molecular formula is C15H17NO4. The summed E-state index contributed by atoms with van der Waals surface area (Å²) in [7, 11) is 1.74. The summed E-state index contributed by atoms with van der Waals surface area (Å²) < 4.78 is 7.30. The Hall–Kier alpha value is -2.30. The number of aryl methyl sites for hydroxylation is 1. The third-order valence-electron chi connectivity index (χ3n) is 3.25. The van der Waals surface area contributed by atoms with Gasteiger partial charge in [-0.05, 0) is 32.9 Å². The second kappa shape index (κ2) is 5.00. The van der Waals surface area contributed by atoms with Crippen LogP contribution in [0.5, 0.6) is 5.75 Å². The highest BCUT2D eigenvalue weighted by Crippen LogP contribution is 2.21. The second-order valence-corrected chi connectivity index (χ2v) is 5.00. The van der Waals surface area contributed by atoms with Crippen molar-refractivity contribution in [3.8, 4) is 5.75 Å². The Labute approximate surface area is 116 Å². The van der Waals surface area contributed by atoms with Gasteiger partial charge in [0.15, 0.2) is 0 Å². The van der Waals surface area contributed by atoms with Crippen LogP contribution >= 0.6 is 0 Å². The molecule has 1 aromatic carbocycles. The Morgan fingerprint density at radius 1 is 1.35 bits per heavy atom. The van der Waals surface area contributed by atoms with Gasteiger partial charge in [0.1, 0.15) is 11.3 Å². The van der Waals surface area contributed by atoms with E-state index in [-0.39, 0.29) is 11.7 Å². The zero-order valence-electron chi connectivity index (χ0n) is 11.9. The van der Waals surface area contributed by atoms with Gasteiger partial charge in [-0.25, -0.2) is 4.79 Å². The minimum absolute atomic E-state index is 0.0314. The summed E-state index contributed by atoms with van der Waals surface area (Å²) in [5, 5.41) is 9.55. The van der Waals surface area contributed by atoms with E-state index in [9.17, 15) is 9.59 Å². The molecule has 0 bridgehead atoms. The molecule has 0 amide bonds. The maximum absolute atomic E-state index is 12.2. The first-order valence-corrected chi connectivity index (χ1v) is 6.36. The van der Waals surface area contributed by atoms with Gasteiger partial charge in [0.05, 0.1) is 11.6 Å². The monoisotopic (exact) mass is 275 g/mol. The molecule has 5 heteroatoms. The molecular weight excluding hydrogens is 258 g/mol. The number of nitrogens with zero attached hydrogens (tertiary/aromatic N) is 1. The van der Waals surface area contributed by atoms with E-state index in [0.717, 1.165) is 0 Å². The molecule has 0 aliphatic carbocycles. The largest absolute Gasteiger partial charge is 0.491 e. The molecule has 0 fully saturated rings. The van der Waals surface area contributed by atoms with E-state index in [2.05, 4.69) is 0 Å². The van der Waals surface area contributed by atoms with Crippen LogP contribution in [0.1, 0.15) is 29.9 Å². The number of aromatic carboxylic acids is 1. The first-order valence-electron chi connectivity index (χ1n) is 6.36. The number of rotatable bonds is 3. The van der Waals surface area contributed by atoms with Crippen molar-refractivity contribution in [3.63, 3.8) is 0 Å². The molecule has 0 saturated heterocycles. The highest BCUT2D eigenvalue weighted by atomic mass is 16.5. The molecule has 20 heavy (non-hydrogen) atoms. The molecule has 2 aromatic rings. The number of ether oxygens (including phenoxy) is 1. The molecule has 1 N–H and O–H groups in total. The van der Waals surface area contributed by atoms with E-state index in [1.54, 1.807) is 36.7 Å². The lowest BCUT2D eigenvalue weighted by molar-refractivity contribution is 0.0694. The van der Waals surface area contributed by atoms with Crippen molar-refractivity contribution >= 4 is 16.9 Å². The molecule has 1 heterocycles. The lowest BCUT2D eigenvalue weighted by Gasteiger charge is -2.14. The van der Waals surface area contributed by atoms with Crippen LogP contribution in [0.2, 0.25) is 0 Å². The Morgan fingerprint density at radius 2 is 2.00 bits per heavy atom. The summed E-state index contributed by atoms with van der Waals surface area (Å²) in [5.74, 6) is -0.544. The van der Waals surface area contributed by atoms with Crippen molar-refractivity contribution in [1.29, 1.82) is 0 Å². The van der Waals surface area contributed by atoms with Crippen LogP contribution in [0.3, 0.4) is 0 Å². The topological polar surface area (TPSA) is 68.5 Å². The highest BCUT2D eigenvalue weighted by Gasteiger charge is 2.18. The van der Waals surface area contributed by atoms with E-state index in [1.165, 1.54) is 0 Å². The summed E-state index contributed by atoms with van der Waals surface area (Å²) >= 11 is 0. The van der Waals surface area contributed by atoms with Gasteiger partial charge in [0.25, 0.3) is 0 Å². The molecule has 2 rings (SSSR count). The van der Waals surface area contributed by atoms with Crippen LogP contribution in [0.15, 0.2) is 23.0 Å². The van der Waals surface area contributed by atoms with E-state index in [0.29, 0.717) is 22.3 Å². The van der Waals surface area contributed by atoms with Crippen LogP contribution in [0.4, 0.5) is 0 Å². The van der Waals surface area contributed by atoms with Crippen molar-refractivity contribution < 1.29 is 14.6 Å². The van der Waals surface area contributed by atoms with E-state index >= 15 is 0 Å². The van der Waals surface area contributed by atoms with E-state index in [1.807, 2.05) is 13.8 Å². The first kappa shape index (κ1) is 14.1. The molecule has 0 saturated carbocycles. The summed E-state index contributed by atoms with van der Waals surface area (Å²) in [4.78, 5) is 23.5. The minimum Gasteiger partial charge on any atom is -0.491 e. The van der Waals surface area contributed by atoms with E-state index < -0.39 is 11.4 Å². The van der Waals surface area contributed by atoms with Gasteiger partial charge in [0.2, 0.25) is 5.43 Å². The minimum atomic E-state index is -1.20. The maximum atomic E-state index is 12.2. The Balaban J connectivity index is 2.79. The number of aromatic nitrogens is 1. The molecule has 0 atom stereocenters. The number of fused-ring (bicyclic) bond motifs is 1. The molecule has 1 aromatic heterocycles. The number of pyridine rings is 1. The standard InChI is InChI=1S/C15H17NO4/c1-8(2)20-10-5-6-11-12(7-10)16(4)9(3)13(14(11)17)15(18)19/h5-8H,1-4H3,(H,18,19). The van der Waals surface area contributed by atoms with Crippen molar-refractivity contribution in [2.75, 3.05) is 0 Å². The number of hydrogen-bond acceptors (Lipinski definition) is 3. The van der Waals surface area contributed by atoms with Crippen molar-refractivity contribution in [3.05, 3.63) is 39.7 Å². The highest BCUT2D eigenvalue weighted by molar-refractivity contribution is 5.94. The fraction of sp³-hybridized carbons (Fsp3) is 0.333. The summed E-state index contributed by atoms with van der Waals surface area (Å²) in [5.41, 5.74) is 0.448. The predicted octanol–water partition coefficient (Wildman–Crippen LogP) is 2.33. The molecule has 5 nitrogen and oxygen atoms in total. The van der Waals surface area contributed by atoms with Crippen LogP contribution in [0, 0.1) is 6.92 Å². The number of hydrogen-bond donors (Lipinski definition) is 1. The van der Waals surface area contributed by atoms with Gasteiger partial charge in [0, 0.05) is 24.2 Å². The smallest absolute Gasteiger partial charge is 0.341 e. The summed E-state index contributed by atoms with van der Waals surface area (Å²) in [6, 6.07) is 5.06. The SMILES string of the molecule is Cc1c(C(=O)O)c(=O)c2ccc(OC(C)C)cc2n1C. The average Bonchev–Trinajstić information content (AvgIpc) is 2.35. The fourth-order valence-electron chi connectivity index (χ4n) is 2.23. The normalized spacial score (nSPS) is 11.1. The first-order chi connectivity index (χ1) is 9.32. The lowest BCUT2D eigenvalue weighted by Crippen LogP contribution is -2.21. The third-order valence-corrected chi connectivity index (χ3v) is 3.25. The van der Waals surface area contributed by atoms with Crippen LogP contribution in [0.25, 0.3) is 10.9 Å². The number of carboxylic acid groups (broad SMARTS) is 1. The molecule has 0 spiro atoms. The summed E-state index contributed by atoms with van der Waals surface area (Å²) in [6.45, 7) is 5.46. The van der Waals surface area contributed by atoms with Crippen molar-refractivity contribution in [2.24, 2.45) is 7.05 Å². The Morgan fingerprint density at radius 3 is 2.55 bits per heavy atom. The predicted molar refractivity (Wildman–Crippen MR) is 76.6 cm³/mol. The second-order valence-electron chi connectivity index (χ2n) is 5.00. The lowest BCUT2D eigenvalue weighted by atomic mass is 10.1. The molecule has 0 aliphatic heterocycles. The Kier molecular flexibility index (Phi) is 3.53. The average molecular weight is 275 g/mol. The maximum Gasteiger partial charge on any atom is 0.341 e. The molecule has 0 radical (unpaired) electrons.